The van der Waals surface area contributed by atoms with Gasteiger partial charge in [-0.3, -0.25) is 0 Å². The van der Waals surface area contributed by atoms with Gasteiger partial charge in [-0.1, -0.05) is 29.5 Å². The average Bonchev–Trinajstić information content (AvgIpc) is 2.83. The highest BCUT2D eigenvalue weighted by Gasteiger charge is 2.16. The summed E-state index contributed by atoms with van der Waals surface area (Å²) < 4.78 is 0.688. The number of carbonyl (C=O) groups is 1. The molecule has 0 saturated heterocycles. The highest BCUT2D eigenvalue weighted by Crippen LogP contribution is 2.32. The number of fused-ring (bicyclic) bond motifs is 1. The van der Waals surface area contributed by atoms with E-state index in [-0.39, 0.29) is 5.56 Å². The zero-order valence-electron chi connectivity index (χ0n) is 10.4. The molecule has 0 spiro atoms. The maximum atomic E-state index is 11.4. The van der Waals surface area contributed by atoms with Gasteiger partial charge in [0.1, 0.15) is 10.0 Å². The van der Waals surface area contributed by atoms with Crippen LogP contribution in [0.4, 0.5) is 0 Å². The number of pyridine rings is 1. The summed E-state index contributed by atoms with van der Waals surface area (Å²) in [7, 11) is 0. The van der Waals surface area contributed by atoms with Crippen molar-refractivity contribution in [2.45, 2.75) is 16.3 Å². The molecule has 0 saturated carbocycles. The molecule has 20 heavy (non-hydrogen) atoms. The molecule has 0 amide bonds. The molecule has 0 aliphatic carbocycles. The van der Waals surface area contributed by atoms with Crippen LogP contribution in [0.3, 0.4) is 0 Å². The molecule has 0 unspecified atom stereocenters. The summed E-state index contributed by atoms with van der Waals surface area (Å²) in [6.45, 7) is 1.85. The number of hydrogen-bond donors (Lipinski definition) is 1. The van der Waals surface area contributed by atoms with E-state index in [1.165, 1.54) is 23.1 Å². The minimum Gasteiger partial charge on any atom is -0.478 e. The number of aromatic nitrogens is 3. The first-order valence-corrected chi connectivity index (χ1v) is 7.38. The number of rotatable bonds is 3. The number of carboxylic acid groups (broad SMARTS) is 1. The monoisotopic (exact) mass is 303 g/mol. The lowest BCUT2D eigenvalue weighted by molar-refractivity contribution is 0.0692. The van der Waals surface area contributed by atoms with Gasteiger partial charge in [0.05, 0.1) is 11.1 Å². The van der Waals surface area contributed by atoms with Crippen LogP contribution in [0.1, 0.15) is 15.4 Å². The molecular weight excluding hydrogens is 294 g/mol. The number of aryl methyl sites for hydroxylation is 1. The largest absolute Gasteiger partial charge is 0.478 e. The Bertz CT molecular complexity index is 801. The van der Waals surface area contributed by atoms with Crippen LogP contribution in [0.15, 0.2) is 39.7 Å². The minimum atomic E-state index is -0.994. The third-order valence-electron chi connectivity index (χ3n) is 2.61. The molecule has 0 atom stereocenters. The van der Waals surface area contributed by atoms with Gasteiger partial charge in [-0.2, -0.15) is 0 Å². The maximum Gasteiger partial charge on any atom is 0.338 e. The zero-order chi connectivity index (χ0) is 14.1. The second kappa shape index (κ2) is 5.18. The van der Waals surface area contributed by atoms with Crippen molar-refractivity contribution >= 4 is 40.0 Å². The van der Waals surface area contributed by atoms with E-state index in [2.05, 4.69) is 15.2 Å². The first-order valence-electron chi connectivity index (χ1n) is 5.74. The molecule has 100 valence electrons. The highest BCUT2D eigenvalue weighted by atomic mass is 32.2. The van der Waals surface area contributed by atoms with Crippen molar-refractivity contribution in [2.75, 3.05) is 0 Å². The van der Waals surface area contributed by atoms with E-state index < -0.39 is 5.97 Å². The Morgan fingerprint density at radius 3 is 2.80 bits per heavy atom. The topological polar surface area (TPSA) is 76.0 Å². The van der Waals surface area contributed by atoms with E-state index in [1.54, 1.807) is 6.07 Å². The summed E-state index contributed by atoms with van der Waals surface area (Å²) in [5.41, 5.74) is 0.947. The number of nitrogens with zero attached hydrogens (tertiary/aromatic N) is 3. The molecule has 3 aromatic rings. The summed E-state index contributed by atoms with van der Waals surface area (Å²) in [6, 6.07) is 9.07. The second-order valence-corrected chi connectivity index (χ2v) is 6.45. The molecule has 7 heteroatoms. The van der Waals surface area contributed by atoms with Gasteiger partial charge in [-0.15, -0.1) is 10.2 Å². The van der Waals surface area contributed by atoms with Gasteiger partial charge < -0.3 is 5.11 Å². The number of aromatic carboxylic acids is 1. The van der Waals surface area contributed by atoms with Gasteiger partial charge in [-0.25, -0.2) is 9.78 Å². The number of para-hydroxylation sites is 1. The molecule has 0 aliphatic heterocycles. The van der Waals surface area contributed by atoms with Crippen molar-refractivity contribution in [1.82, 2.24) is 15.2 Å². The quantitative estimate of drug-likeness (QED) is 0.800. The fourth-order valence-electron chi connectivity index (χ4n) is 1.73. The van der Waals surface area contributed by atoms with Crippen molar-refractivity contribution in [2.24, 2.45) is 0 Å². The van der Waals surface area contributed by atoms with Crippen LogP contribution in [-0.2, 0) is 0 Å². The average molecular weight is 303 g/mol. The maximum absolute atomic E-state index is 11.4. The molecule has 2 aromatic heterocycles. The molecule has 1 N–H and O–H groups in total. The molecule has 0 fully saturated rings. The Kier molecular flexibility index (Phi) is 3.37. The minimum absolute atomic E-state index is 0.182. The SMILES string of the molecule is Cc1nnc(Sc2nc3ccccc3cc2C(=O)O)s1. The fourth-order valence-corrected chi connectivity index (χ4v) is 3.56. The predicted octanol–water partition coefficient (Wildman–Crippen LogP) is 3.24. The highest BCUT2D eigenvalue weighted by molar-refractivity contribution is 8.01. The zero-order valence-corrected chi connectivity index (χ0v) is 12.0. The molecule has 2 heterocycles. The molecular formula is C13H9N3O2S2. The van der Waals surface area contributed by atoms with Gasteiger partial charge in [0.15, 0.2) is 4.34 Å². The smallest absolute Gasteiger partial charge is 0.338 e. The van der Waals surface area contributed by atoms with Crippen LogP contribution < -0.4 is 0 Å². The Balaban J connectivity index is 2.11. The van der Waals surface area contributed by atoms with Crippen LogP contribution in [0.2, 0.25) is 0 Å². The van der Waals surface area contributed by atoms with Gasteiger partial charge in [-0.05, 0) is 30.8 Å². The Morgan fingerprint density at radius 2 is 2.10 bits per heavy atom. The Labute approximate surface area is 122 Å². The standard InChI is InChI=1S/C13H9N3O2S2/c1-7-15-16-13(19-7)20-11-9(12(17)18)6-8-4-2-3-5-10(8)14-11/h2-6H,1H3,(H,17,18). The van der Waals surface area contributed by atoms with Crippen LogP contribution in [0.25, 0.3) is 10.9 Å². The van der Waals surface area contributed by atoms with E-state index in [9.17, 15) is 9.90 Å². The normalized spacial score (nSPS) is 10.8. The van der Waals surface area contributed by atoms with Gasteiger partial charge in [0.25, 0.3) is 0 Å². The molecule has 1 aromatic carbocycles. The van der Waals surface area contributed by atoms with E-state index in [0.29, 0.717) is 9.37 Å². The van der Waals surface area contributed by atoms with Crippen molar-refractivity contribution in [3.05, 3.63) is 40.9 Å². The lowest BCUT2D eigenvalue weighted by Crippen LogP contribution is -2.01. The van der Waals surface area contributed by atoms with Crippen LogP contribution in [0, 0.1) is 6.92 Å². The number of hydrogen-bond acceptors (Lipinski definition) is 6. The molecule has 0 aliphatic rings. The molecule has 0 bridgehead atoms. The molecule has 5 nitrogen and oxygen atoms in total. The van der Waals surface area contributed by atoms with Gasteiger partial charge >= 0.3 is 5.97 Å². The first-order chi connectivity index (χ1) is 9.63. The Hall–Kier alpha value is -1.99. The van der Waals surface area contributed by atoms with Crippen molar-refractivity contribution in [3.8, 4) is 0 Å². The summed E-state index contributed by atoms with van der Waals surface area (Å²) in [5.74, 6) is -0.994. The molecule has 3 rings (SSSR count). The summed E-state index contributed by atoms with van der Waals surface area (Å²) in [4.78, 5) is 15.8. The van der Waals surface area contributed by atoms with E-state index in [1.807, 2.05) is 31.2 Å². The first kappa shape index (κ1) is 13.0. The number of carboxylic acids is 1. The Morgan fingerprint density at radius 1 is 1.30 bits per heavy atom. The summed E-state index contributed by atoms with van der Waals surface area (Å²) in [5, 5.41) is 19.3. The van der Waals surface area contributed by atoms with Crippen molar-refractivity contribution in [3.63, 3.8) is 0 Å². The van der Waals surface area contributed by atoms with Crippen molar-refractivity contribution in [1.29, 1.82) is 0 Å². The molecule has 0 radical (unpaired) electrons. The van der Waals surface area contributed by atoms with E-state index in [0.717, 1.165) is 15.9 Å². The van der Waals surface area contributed by atoms with Gasteiger partial charge in [0, 0.05) is 5.39 Å². The lowest BCUT2D eigenvalue weighted by atomic mass is 10.1. The summed E-state index contributed by atoms with van der Waals surface area (Å²) >= 11 is 2.65. The fraction of sp³-hybridized carbons (Fsp3) is 0.0769. The van der Waals surface area contributed by atoms with Crippen LogP contribution in [0.5, 0.6) is 0 Å². The van der Waals surface area contributed by atoms with Crippen LogP contribution >= 0.6 is 23.1 Å². The number of benzene rings is 1. The third kappa shape index (κ3) is 2.50. The third-order valence-corrected chi connectivity index (χ3v) is 4.51. The van der Waals surface area contributed by atoms with Crippen molar-refractivity contribution < 1.29 is 9.90 Å². The van der Waals surface area contributed by atoms with E-state index >= 15 is 0 Å². The second-order valence-electron chi connectivity index (χ2n) is 4.03. The predicted molar refractivity (Wildman–Crippen MR) is 77.5 cm³/mol. The lowest BCUT2D eigenvalue weighted by Gasteiger charge is -2.05. The van der Waals surface area contributed by atoms with Crippen LogP contribution in [-0.4, -0.2) is 26.3 Å². The summed E-state index contributed by atoms with van der Waals surface area (Å²) in [6.07, 6.45) is 0. The van der Waals surface area contributed by atoms with E-state index in [4.69, 9.17) is 0 Å². The van der Waals surface area contributed by atoms with Gasteiger partial charge in [0.2, 0.25) is 0 Å².